The fourth-order valence-electron chi connectivity index (χ4n) is 1.58. The molecule has 0 atom stereocenters. The summed E-state index contributed by atoms with van der Waals surface area (Å²) in [5, 5.41) is 2.67. The van der Waals surface area contributed by atoms with Crippen LogP contribution in [0.1, 0.15) is 19.8 Å². The van der Waals surface area contributed by atoms with Crippen LogP contribution >= 0.6 is 0 Å². The molecule has 1 saturated heterocycles. The SMILES string of the molecule is CCS(=O)(=O)N1CCC(NC=O)CC1. The van der Waals surface area contributed by atoms with Crippen LogP contribution in [0.15, 0.2) is 0 Å². The molecule has 14 heavy (non-hydrogen) atoms. The minimum atomic E-state index is -3.04. The van der Waals surface area contributed by atoms with E-state index in [2.05, 4.69) is 5.32 Å². The lowest BCUT2D eigenvalue weighted by molar-refractivity contribution is -0.110. The molecule has 1 amide bonds. The third kappa shape index (κ3) is 2.68. The number of carbonyl (C=O) groups is 1. The first-order valence-corrected chi connectivity index (χ1v) is 6.38. The number of rotatable bonds is 4. The molecule has 6 heteroatoms. The number of nitrogens with zero attached hydrogens (tertiary/aromatic N) is 1. The van der Waals surface area contributed by atoms with Crippen LogP contribution in [0.4, 0.5) is 0 Å². The van der Waals surface area contributed by atoms with Crippen LogP contribution in [0.2, 0.25) is 0 Å². The monoisotopic (exact) mass is 220 g/mol. The van der Waals surface area contributed by atoms with E-state index >= 15 is 0 Å². The predicted molar refractivity (Wildman–Crippen MR) is 53.3 cm³/mol. The van der Waals surface area contributed by atoms with Gasteiger partial charge in [0.2, 0.25) is 16.4 Å². The topological polar surface area (TPSA) is 66.5 Å². The maximum Gasteiger partial charge on any atom is 0.213 e. The molecule has 0 saturated carbocycles. The number of sulfonamides is 1. The quantitative estimate of drug-likeness (QED) is 0.652. The zero-order valence-electron chi connectivity index (χ0n) is 8.27. The minimum absolute atomic E-state index is 0.135. The first-order chi connectivity index (χ1) is 6.60. The first kappa shape index (κ1) is 11.5. The summed E-state index contributed by atoms with van der Waals surface area (Å²) < 4.78 is 24.4. The van der Waals surface area contributed by atoms with E-state index in [1.54, 1.807) is 6.92 Å². The van der Waals surface area contributed by atoms with Crippen molar-refractivity contribution in [3.8, 4) is 0 Å². The van der Waals surface area contributed by atoms with Crippen molar-refractivity contribution in [1.29, 1.82) is 0 Å². The second kappa shape index (κ2) is 4.75. The van der Waals surface area contributed by atoms with E-state index in [-0.39, 0.29) is 11.8 Å². The van der Waals surface area contributed by atoms with E-state index in [0.29, 0.717) is 32.3 Å². The highest BCUT2D eigenvalue weighted by atomic mass is 32.2. The summed E-state index contributed by atoms with van der Waals surface area (Å²) in [4.78, 5) is 10.2. The summed E-state index contributed by atoms with van der Waals surface area (Å²) in [6.07, 6.45) is 2.09. The van der Waals surface area contributed by atoms with Gasteiger partial charge in [-0.2, -0.15) is 0 Å². The number of hydrogen-bond acceptors (Lipinski definition) is 3. The molecule has 1 heterocycles. The molecule has 0 aromatic carbocycles. The van der Waals surface area contributed by atoms with Crippen LogP contribution in [0.5, 0.6) is 0 Å². The van der Waals surface area contributed by atoms with Gasteiger partial charge >= 0.3 is 0 Å². The molecule has 0 unspecified atom stereocenters. The summed E-state index contributed by atoms with van der Waals surface area (Å²) in [5.74, 6) is 0.152. The lowest BCUT2D eigenvalue weighted by Crippen LogP contribution is -2.44. The smallest absolute Gasteiger partial charge is 0.213 e. The highest BCUT2D eigenvalue weighted by molar-refractivity contribution is 7.89. The second-order valence-electron chi connectivity index (χ2n) is 3.36. The average molecular weight is 220 g/mol. The Labute approximate surface area is 84.5 Å². The maximum atomic E-state index is 11.5. The Morgan fingerprint density at radius 3 is 2.43 bits per heavy atom. The van der Waals surface area contributed by atoms with Gasteiger partial charge in [0, 0.05) is 19.1 Å². The van der Waals surface area contributed by atoms with Crippen molar-refractivity contribution in [3.63, 3.8) is 0 Å². The normalized spacial score (nSPS) is 20.6. The van der Waals surface area contributed by atoms with Gasteiger partial charge in [-0.25, -0.2) is 12.7 Å². The molecular weight excluding hydrogens is 204 g/mol. The molecule has 0 bridgehead atoms. The van der Waals surface area contributed by atoms with E-state index in [1.165, 1.54) is 4.31 Å². The van der Waals surface area contributed by atoms with Crippen molar-refractivity contribution in [1.82, 2.24) is 9.62 Å². The first-order valence-electron chi connectivity index (χ1n) is 4.77. The Balaban J connectivity index is 2.47. The largest absolute Gasteiger partial charge is 0.356 e. The van der Waals surface area contributed by atoms with E-state index in [1.807, 2.05) is 0 Å². The zero-order valence-corrected chi connectivity index (χ0v) is 9.09. The summed E-state index contributed by atoms with van der Waals surface area (Å²) in [7, 11) is -3.04. The molecular formula is C8H16N2O3S. The van der Waals surface area contributed by atoms with E-state index in [0.717, 1.165) is 0 Å². The minimum Gasteiger partial charge on any atom is -0.356 e. The Morgan fingerprint density at radius 2 is 2.00 bits per heavy atom. The lowest BCUT2D eigenvalue weighted by Gasteiger charge is -2.30. The number of piperidine rings is 1. The maximum absolute atomic E-state index is 11.5. The van der Waals surface area contributed by atoms with Crippen molar-refractivity contribution >= 4 is 16.4 Å². The molecule has 1 aliphatic heterocycles. The number of amides is 1. The molecule has 82 valence electrons. The van der Waals surface area contributed by atoms with E-state index in [4.69, 9.17) is 0 Å². The Bertz CT molecular complexity index is 281. The Hall–Kier alpha value is -0.620. The van der Waals surface area contributed by atoms with Gasteiger partial charge in [0.25, 0.3) is 0 Å². The van der Waals surface area contributed by atoms with Crippen LogP contribution in [0, 0.1) is 0 Å². The Kier molecular flexibility index (Phi) is 3.88. The van der Waals surface area contributed by atoms with Gasteiger partial charge in [0.1, 0.15) is 0 Å². The number of carbonyl (C=O) groups excluding carboxylic acids is 1. The van der Waals surface area contributed by atoms with Crippen LogP contribution in [0.3, 0.4) is 0 Å². The van der Waals surface area contributed by atoms with E-state index in [9.17, 15) is 13.2 Å². The predicted octanol–water partition coefficient (Wildman–Crippen LogP) is -0.453. The molecule has 1 N–H and O–H groups in total. The standard InChI is InChI=1S/C8H16N2O3S/c1-2-14(12,13)10-5-3-8(4-6-10)9-7-11/h7-8H,2-6H2,1H3,(H,9,11). The summed E-state index contributed by atoms with van der Waals surface area (Å²) in [6.45, 7) is 2.68. The molecule has 1 aliphatic rings. The van der Waals surface area contributed by atoms with Crippen molar-refractivity contribution in [2.45, 2.75) is 25.8 Å². The molecule has 1 rings (SSSR count). The number of hydrogen-bond donors (Lipinski definition) is 1. The van der Waals surface area contributed by atoms with E-state index < -0.39 is 10.0 Å². The van der Waals surface area contributed by atoms with Crippen LogP contribution in [-0.2, 0) is 14.8 Å². The van der Waals surface area contributed by atoms with Gasteiger partial charge in [-0.1, -0.05) is 0 Å². The van der Waals surface area contributed by atoms with Crippen molar-refractivity contribution in [2.75, 3.05) is 18.8 Å². The molecule has 0 aromatic rings. The molecule has 1 fully saturated rings. The number of nitrogens with one attached hydrogen (secondary N) is 1. The highest BCUT2D eigenvalue weighted by Gasteiger charge is 2.25. The molecule has 0 spiro atoms. The van der Waals surface area contributed by atoms with Crippen LogP contribution in [-0.4, -0.2) is 44.0 Å². The fourth-order valence-corrected chi connectivity index (χ4v) is 2.71. The lowest BCUT2D eigenvalue weighted by atomic mass is 10.1. The van der Waals surface area contributed by atoms with Crippen LogP contribution in [0.25, 0.3) is 0 Å². The Morgan fingerprint density at radius 1 is 1.43 bits per heavy atom. The summed E-state index contributed by atoms with van der Waals surface area (Å²) >= 11 is 0. The van der Waals surface area contributed by atoms with Gasteiger partial charge < -0.3 is 5.32 Å². The average Bonchev–Trinajstić information content (AvgIpc) is 2.19. The van der Waals surface area contributed by atoms with Gasteiger partial charge in [0.05, 0.1) is 5.75 Å². The molecule has 0 aromatic heterocycles. The molecule has 5 nitrogen and oxygen atoms in total. The second-order valence-corrected chi connectivity index (χ2v) is 5.62. The third-order valence-electron chi connectivity index (χ3n) is 2.52. The van der Waals surface area contributed by atoms with Crippen LogP contribution < -0.4 is 5.32 Å². The van der Waals surface area contributed by atoms with Crippen molar-refractivity contribution in [2.24, 2.45) is 0 Å². The summed E-state index contributed by atoms with van der Waals surface area (Å²) in [5.41, 5.74) is 0. The van der Waals surface area contributed by atoms with Gasteiger partial charge in [-0.05, 0) is 19.8 Å². The third-order valence-corrected chi connectivity index (χ3v) is 4.40. The van der Waals surface area contributed by atoms with Gasteiger partial charge in [-0.3, -0.25) is 4.79 Å². The van der Waals surface area contributed by atoms with Crippen molar-refractivity contribution < 1.29 is 13.2 Å². The highest BCUT2D eigenvalue weighted by Crippen LogP contribution is 2.13. The van der Waals surface area contributed by atoms with Gasteiger partial charge in [-0.15, -0.1) is 0 Å². The summed E-state index contributed by atoms with van der Waals surface area (Å²) in [6, 6.07) is 0.135. The van der Waals surface area contributed by atoms with Crippen molar-refractivity contribution in [3.05, 3.63) is 0 Å². The molecule has 0 radical (unpaired) electrons. The molecule has 0 aliphatic carbocycles. The van der Waals surface area contributed by atoms with Gasteiger partial charge in [0.15, 0.2) is 0 Å². The zero-order chi connectivity index (χ0) is 10.6. The fraction of sp³-hybridized carbons (Fsp3) is 0.875.